The molecule has 1 aliphatic heterocycles. The molecule has 2 aromatic rings. The number of benzene rings is 1. The molecule has 1 unspecified atom stereocenters. The van der Waals surface area contributed by atoms with Crippen molar-refractivity contribution < 1.29 is 4.79 Å². The number of hydrogen-bond donors (Lipinski definition) is 2. The van der Waals surface area contributed by atoms with Gasteiger partial charge in [-0.05, 0) is 31.5 Å². The Bertz CT molecular complexity index is 640. The van der Waals surface area contributed by atoms with Crippen molar-refractivity contribution in [1.29, 1.82) is 0 Å². The van der Waals surface area contributed by atoms with Crippen molar-refractivity contribution in [2.75, 3.05) is 11.9 Å². The normalized spacial score (nSPS) is 18.9. The third-order valence-corrected chi connectivity index (χ3v) is 3.66. The second-order valence-corrected chi connectivity index (χ2v) is 5.20. The topological polar surface area (TPSA) is 66.9 Å². The first-order chi connectivity index (χ1) is 9.74. The van der Waals surface area contributed by atoms with E-state index >= 15 is 0 Å². The van der Waals surface area contributed by atoms with Gasteiger partial charge in [0.15, 0.2) is 11.0 Å². The Hall–Kier alpha value is -1.72. The Kier molecular flexibility index (Phi) is 3.80. The lowest BCUT2D eigenvalue weighted by Gasteiger charge is -2.22. The van der Waals surface area contributed by atoms with Gasteiger partial charge in [-0.1, -0.05) is 30.2 Å². The van der Waals surface area contributed by atoms with Crippen molar-refractivity contribution in [3.05, 3.63) is 29.4 Å². The minimum absolute atomic E-state index is 0.101. The number of piperidine rings is 1. The number of nitrogens with zero attached hydrogens (tertiary/aromatic N) is 2. The highest BCUT2D eigenvalue weighted by Gasteiger charge is 2.21. The molecule has 104 valence electrons. The molecule has 3 rings (SSSR count). The molecule has 20 heavy (non-hydrogen) atoms. The van der Waals surface area contributed by atoms with E-state index in [-0.39, 0.29) is 17.1 Å². The van der Waals surface area contributed by atoms with E-state index in [1.807, 2.05) is 24.3 Å². The maximum Gasteiger partial charge on any atom is 0.242 e. The van der Waals surface area contributed by atoms with Crippen LogP contribution in [0.3, 0.4) is 0 Å². The van der Waals surface area contributed by atoms with Gasteiger partial charge in [0, 0.05) is 0 Å². The van der Waals surface area contributed by atoms with Gasteiger partial charge in [0.1, 0.15) is 0 Å². The summed E-state index contributed by atoms with van der Waals surface area (Å²) in [6, 6.07) is 7.25. The standard InChI is InChI=1S/C14H15ClN4O/c15-12-13(18-10-6-2-1-5-9(10)17-12)19-14(20)11-7-3-4-8-16-11/h1-2,5-6,11,16H,3-4,7-8H2,(H,18,19,20). The van der Waals surface area contributed by atoms with Gasteiger partial charge in [-0.2, -0.15) is 0 Å². The minimum atomic E-state index is -0.173. The predicted molar refractivity (Wildman–Crippen MR) is 78.8 cm³/mol. The zero-order valence-corrected chi connectivity index (χ0v) is 11.7. The van der Waals surface area contributed by atoms with Crippen LogP contribution in [0.4, 0.5) is 5.82 Å². The molecule has 6 heteroatoms. The molecule has 1 fully saturated rings. The highest BCUT2D eigenvalue weighted by molar-refractivity contribution is 6.32. The summed E-state index contributed by atoms with van der Waals surface area (Å²) >= 11 is 6.08. The van der Waals surface area contributed by atoms with Gasteiger partial charge in [0.05, 0.1) is 17.1 Å². The average molecular weight is 291 g/mol. The van der Waals surface area contributed by atoms with Gasteiger partial charge in [-0.25, -0.2) is 9.97 Å². The molecule has 0 bridgehead atoms. The fourth-order valence-electron chi connectivity index (χ4n) is 2.34. The summed E-state index contributed by atoms with van der Waals surface area (Å²) in [5.74, 6) is 0.221. The largest absolute Gasteiger partial charge is 0.307 e. The maximum absolute atomic E-state index is 12.2. The van der Waals surface area contributed by atoms with Gasteiger partial charge in [0.25, 0.3) is 0 Å². The van der Waals surface area contributed by atoms with Crippen LogP contribution in [-0.4, -0.2) is 28.5 Å². The first kappa shape index (κ1) is 13.3. The molecule has 1 aliphatic rings. The molecule has 2 N–H and O–H groups in total. The number of carbonyl (C=O) groups excluding carboxylic acids is 1. The molecule has 2 heterocycles. The average Bonchev–Trinajstić information content (AvgIpc) is 2.49. The number of rotatable bonds is 2. The number of nitrogens with one attached hydrogen (secondary N) is 2. The second kappa shape index (κ2) is 5.73. The van der Waals surface area contributed by atoms with Gasteiger partial charge in [-0.15, -0.1) is 0 Å². The number of aromatic nitrogens is 2. The smallest absolute Gasteiger partial charge is 0.242 e. The van der Waals surface area contributed by atoms with E-state index in [4.69, 9.17) is 11.6 Å². The van der Waals surface area contributed by atoms with Crippen LogP contribution in [0.1, 0.15) is 19.3 Å². The summed E-state index contributed by atoms with van der Waals surface area (Å²) in [5.41, 5.74) is 1.43. The van der Waals surface area contributed by atoms with Gasteiger partial charge in [-0.3, -0.25) is 4.79 Å². The summed E-state index contributed by atoms with van der Waals surface area (Å²) < 4.78 is 0. The molecule has 5 nitrogen and oxygen atoms in total. The molecule has 1 saturated heterocycles. The molecule has 0 radical (unpaired) electrons. The van der Waals surface area contributed by atoms with Crippen LogP contribution in [0.25, 0.3) is 11.0 Å². The van der Waals surface area contributed by atoms with Crippen molar-refractivity contribution in [2.24, 2.45) is 0 Å². The van der Waals surface area contributed by atoms with Crippen molar-refractivity contribution in [2.45, 2.75) is 25.3 Å². The lowest BCUT2D eigenvalue weighted by Crippen LogP contribution is -2.43. The Morgan fingerprint density at radius 3 is 2.70 bits per heavy atom. The first-order valence-electron chi connectivity index (χ1n) is 6.70. The molecule has 1 aromatic carbocycles. The predicted octanol–water partition coefficient (Wildman–Crippen LogP) is 2.36. The molecular weight excluding hydrogens is 276 g/mol. The summed E-state index contributed by atoms with van der Waals surface area (Å²) in [5, 5.41) is 6.17. The summed E-state index contributed by atoms with van der Waals surface area (Å²) in [6.07, 6.45) is 3.01. The van der Waals surface area contributed by atoms with Crippen LogP contribution in [0, 0.1) is 0 Å². The van der Waals surface area contributed by atoms with E-state index in [0.717, 1.165) is 25.8 Å². The maximum atomic E-state index is 12.2. The Labute approximate surface area is 121 Å². The zero-order chi connectivity index (χ0) is 13.9. The van der Waals surface area contributed by atoms with E-state index in [2.05, 4.69) is 20.6 Å². The van der Waals surface area contributed by atoms with Crippen molar-refractivity contribution >= 4 is 34.4 Å². The van der Waals surface area contributed by atoms with Crippen LogP contribution in [-0.2, 0) is 4.79 Å². The van der Waals surface area contributed by atoms with Gasteiger partial charge < -0.3 is 10.6 Å². The SMILES string of the molecule is O=C(Nc1nc2ccccc2nc1Cl)C1CCCCN1. The van der Waals surface area contributed by atoms with Crippen LogP contribution in [0.2, 0.25) is 5.15 Å². The third kappa shape index (κ3) is 2.73. The molecule has 0 spiro atoms. The van der Waals surface area contributed by atoms with Crippen molar-refractivity contribution in [3.63, 3.8) is 0 Å². The van der Waals surface area contributed by atoms with E-state index in [0.29, 0.717) is 16.9 Å². The van der Waals surface area contributed by atoms with Gasteiger partial charge >= 0.3 is 0 Å². The number of para-hydroxylation sites is 2. The molecule has 1 amide bonds. The molecule has 1 atom stereocenters. The molecule has 1 aromatic heterocycles. The van der Waals surface area contributed by atoms with Gasteiger partial charge in [0.2, 0.25) is 5.91 Å². The summed E-state index contributed by atoms with van der Waals surface area (Å²) in [6.45, 7) is 0.870. The van der Waals surface area contributed by atoms with Crippen LogP contribution in [0.5, 0.6) is 0 Å². The Balaban J connectivity index is 1.82. The number of amides is 1. The van der Waals surface area contributed by atoms with Crippen LogP contribution >= 0.6 is 11.6 Å². The van der Waals surface area contributed by atoms with Crippen molar-refractivity contribution in [3.8, 4) is 0 Å². The van der Waals surface area contributed by atoms with Crippen LogP contribution < -0.4 is 10.6 Å². The number of hydrogen-bond acceptors (Lipinski definition) is 4. The highest BCUT2D eigenvalue weighted by atomic mass is 35.5. The lowest BCUT2D eigenvalue weighted by molar-refractivity contribution is -0.118. The van der Waals surface area contributed by atoms with Crippen LogP contribution in [0.15, 0.2) is 24.3 Å². The molecular formula is C14H15ClN4O. The quantitative estimate of drug-likeness (QED) is 0.891. The minimum Gasteiger partial charge on any atom is -0.307 e. The molecule has 0 aliphatic carbocycles. The zero-order valence-electron chi connectivity index (χ0n) is 10.9. The highest BCUT2D eigenvalue weighted by Crippen LogP contribution is 2.21. The van der Waals surface area contributed by atoms with E-state index in [9.17, 15) is 4.79 Å². The third-order valence-electron chi connectivity index (χ3n) is 3.40. The second-order valence-electron chi connectivity index (χ2n) is 4.84. The van der Waals surface area contributed by atoms with Crippen molar-refractivity contribution in [1.82, 2.24) is 15.3 Å². The number of fused-ring (bicyclic) bond motifs is 1. The van der Waals surface area contributed by atoms with E-state index in [1.54, 1.807) is 0 Å². The van der Waals surface area contributed by atoms with E-state index in [1.165, 1.54) is 0 Å². The van der Waals surface area contributed by atoms with E-state index < -0.39 is 0 Å². The Morgan fingerprint density at radius 1 is 1.25 bits per heavy atom. The fraction of sp³-hybridized carbons (Fsp3) is 0.357. The monoisotopic (exact) mass is 290 g/mol. The number of anilines is 1. The molecule has 0 saturated carbocycles. The number of carbonyl (C=O) groups is 1. The fourth-order valence-corrected chi connectivity index (χ4v) is 2.52. The summed E-state index contributed by atoms with van der Waals surface area (Å²) in [4.78, 5) is 20.8. The first-order valence-corrected chi connectivity index (χ1v) is 7.08. The lowest BCUT2D eigenvalue weighted by atomic mass is 10.0. The Morgan fingerprint density at radius 2 is 2.00 bits per heavy atom. The summed E-state index contributed by atoms with van der Waals surface area (Å²) in [7, 11) is 0. The number of halogens is 1.